The van der Waals surface area contributed by atoms with Crippen molar-refractivity contribution in [3.63, 3.8) is 0 Å². The molecule has 1 unspecified atom stereocenters. The summed E-state index contributed by atoms with van der Waals surface area (Å²) in [7, 11) is 0. The molecule has 2 aromatic heterocycles. The zero-order valence-corrected chi connectivity index (χ0v) is 12.3. The van der Waals surface area contributed by atoms with Crippen LogP contribution in [0.2, 0.25) is 0 Å². The van der Waals surface area contributed by atoms with Crippen LogP contribution in [-0.2, 0) is 6.42 Å². The highest BCUT2D eigenvalue weighted by Crippen LogP contribution is 2.36. The molecule has 3 rings (SSSR count). The zero-order chi connectivity index (χ0) is 11.7. The summed E-state index contributed by atoms with van der Waals surface area (Å²) in [4.78, 5) is 3.28. The third kappa shape index (κ3) is 2.46. The van der Waals surface area contributed by atoms with Crippen LogP contribution in [0.15, 0.2) is 47.8 Å². The number of alkyl halides is 1. The van der Waals surface area contributed by atoms with Crippen molar-refractivity contribution in [3.8, 4) is 0 Å². The summed E-state index contributed by atoms with van der Waals surface area (Å²) < 4.78 is 1.37. The van der Waals surface area contributed by atoms with E-state index in [0.29, 0.717) is 4.83 Å². The Balaban J connectivity index is 1.88. The van der Waals surface area contributed by atoms with Gasteiger partial charge in [0.1, 0.15) is 0 Å². The van der Waals surface area contributed by atoms with E-state index < -0.39 is 0 Å². The van der Waals surface area contributed by atoms with E-state index in [1.165, 1.54) is 19.8 Å². The van der Waals surface area contributed by atoms with Gasteiger partial charge in [-0.3, -0.25) is 0 Å². The molecular formula is C14H11BrS2. The molecule has 0 amide bonds. The molecule has 0 aliphatic carbocycles. The lowest BCUT2D eigenvalue weighted by atomic mass is 10.2. The molecule has 3 heteroatoms. The van der Waals surface area contributed by atoms with Gasteiger partial charge in [0, 0.05) is 14.5 Å². The van der Waals surface area contributed by atoms with Crippen LogP contribution < -0.4 is 0 Å². The average Bonchev–Trinajstić information content (AvgIpc) is 2.96. The maximum atomic E-state index is 3.80. The first-order chi connectivity index (χ1) is 8.33. The number of halogens is 1. The molecule has 0 saturated carbocycles. The lowest BCUT2D eigenvalue weighted by molar-refractivity contribution is 0.993. The molecule has 0 saturated heterocycles. The number of fused-ring (bicyclic) bond motifs is 1. The molecule has 17 heavy (non-hydrogen) atoms. The van der Waals surface area contributed by atoms with Gasteiger partial charge in [0.25, 0.3) is 0 Å². The standard InChI is InChI=1S/C14H11BrS2/c15-12(9-11-5-3-7-16-11)14-8-10-4-1-2-6-13(10)17-14/h1-8,12H,9H2. The molecule has 3 aromatic rings. The normalized spacial score (nSPS) is 13.0. The minimum Gasteiger partial charge on any atom is -0.149 e. The summed E-state index contributed by atoms with van der Waals surface area (Å²) in [5, 5.41) is 3.49. The fourth-order valence-electron chi connectivity index (χ4n) is 1.86. The van der Waals surface area contributed by atoms with Crippen LogP contribution in [0, 0.1) is 0 Å². The highest BCUT2D eigenvalue weighted by atomic mass is 79.9. The minimum absolute atomic E-state index is 0.429. The Morgan fingerprint density at radius 3 is 2.76 bits per heavy atom. The molecule has 0 radical (unpaired) electrons. The van der Waals surface area contributed by atoms with Gasteiger partial charge < -0.3 is 0 Å². The molecule has 0 aliphatic rings. The van der Waals surface area contributed by atoms with Gasteiger partial charge in [-0.05, 0) is 35.4 Å². The Labute approximate surface area is 117 Å². The van der Waals surface area contributed by atoms with Crippen LogP contribution >= 0.6 is 38.6 Å². The van der Waals surface area contributed by atoms with Crippen LogP contribution in [0.4, 0.5) is 0 Å². The minimum atomic E-state index is 0.429. The van der Waals surface area contributed by atoms with Crippen molar-refractivity contribution in [2.24, 2.45) is 0 Å². The largest absolute Gasteiger partial charge is 0.149 e. The summed E-state index contributed by atoms with van der Waals surface area (Å²) in [6.07, 6.45) is 1.07. The van der Waals surface area contributed by atoms with E-state index in [4.69, 9.17) is 0 Å². The van der Waals surface area contributed by atoms with E-state index in [2.05, 4.69) is 63.8 Å². The Kier molecular flexibility index (Phi) is 3.32. The van der Waals surface area contributed by atoms with Gasteiger partial charge in [0.05, 0.1) is 4.83 Å². The molecule has 86 valence electrons. The summed E-state index contributed by atoms with van der Waals surface area (Å²) in [6.45, 7) is 0. The Morgan fingerprint density at radius 1 is 1.12 bits per heavy atom. The highest BCUT2D eigenvalue weighted by molar-refractivity contribution is 9.09. The van der Waals surface area contributed by atoms with Crippen molar-refractivity contribution < 1.29 is 0 Å². The lowest BCUT2D eigenvalue weighted by Gasteiger charge is -2.04. The second-order valence-corrected chi connectivity index (χ2v) is 7.19. The van der Waals surface area contributed by atoms with E-state index in [1.807, 2.05) is 22.7 Å². The van der Waals surface area contributed by atoms with Crippen LogP contribution in [0.1, 0.15) is 14.6 Å². The summed E-state index contributed by atoms with van der Waals surface area (Å²) >= 11 is 7.51. The molecule has 0 aliphatic heterocycles. The molecule has 0 bridgehead atoms. The number of benzene rings is 1. The van der Waals surface area contributed by atoms with Gasteiger partial charge in [0.15, 0.2) is 0 Å². The second-order valence-electron chi connectivity index (χ2n) is 3.94. The Hall–Kier alpha value is -0.640. The van der Waals surface area contributed by atoms with E-state index >= 15 is 0 Å². The monoisotopic (exact) mass is 322 g/mol. The molecular weight excluding hydrogens is 312 g/mol. The summed E-state index contributed by atoms with van der Waals surface area (Å²) in [6, 6.07) is 15.2. The smallest absolute Gasteiger partial charge is 0.0537 e. The number of rotatable bonds is 3. The van der Waals surface area contributed by atoms with Gasteiger partial charge >= 0.3 is 0 Å². The molecule has 0 nitrogen and oxygen atoms in total. The van der Waals surface area contributed by atoms with Gasteiger partial charge in [0.2, 0.25) is 0 Å². The zero-order valence-electron chi connectivity index (χ0n) is 9.10. The van der Waals surface area contributed by atoms with Crippen LogP contribution in [0.5, 0.6) is 0 Å². The third-order valence-corrected chi connectivity index (χ3v) is 5.96. The average molecular weight is 323 g/mol. The van der Waals surface area contributed by atoms with E-state index in [-0.39, 0.29) is 0 Å². The van der Waals surface area contributed by atoms with Gasteiger partial charge in [-0.2, -0.15) is 0 Å². The first-order valence-electron chi connectivity index (χ1n) is 5.48. The van der Waals surface area contributed by atoms with Gasteiger partial charge in [-0.15, -0.1) is 22.7 Å². The second kappa shape index (κ2) is 4.92. The van der Waals surface area contributed by atoms with Crippen molar-refractivity contribution in [2.45, 2.75) is 11.2 Å². The van der Waals surface area contributed by atoms with Crippen LogP contribution in [0.25, 0.3) is 10.1 Å². The van der Waals surface area contributed by atoms with Crippen molar-refractivity contribution in [2.75, 3.05) is 0 Å². The van der Waals surface area contributed by atoms with E-state index in [0.717, 1.165) is 6.42 Å². The highest BCUT2D eigenvalue weighted by Gasteiger charge is 2.12. The van der Waals surface area contributed by atoms with Crippen molar-refractivity contribution in [1.29, 1.82) is 0 Å². The SMILES string of the molecule is BrC(Cc1cccs1)c1cc2ccccc2s1. The third-order valence-electron chi connectivity index (χ3n) is 2.71. The van der Waals surface area contributed by atoms with Crippen LogP contribution in [0.3, 0.4) is 0 Å². The first-order valence-corrected chi connectivity index (χ1v) is 8.09. The number of thiophene rings is 2. The van der Waals surface area contributed by atoms with Crippen molar-refractivity contribution in [1.82, 2.24) is 0 Å². The topological polar surface area (TPSA) is 0 Å². The predicted octanol–water partition coefficient (Wildman–Crippen LogP) is 5.64. The van der Waals surface area contributed by atoms with Gasteiger partial charge in [-0.1, -0.05) is 40.2 Å². The molecule has 2 heterocycles. The number of hydrogen-bond donors (Lipinski definition) is 0. The van der Waals surface area contributed by atoms with E-state index in [9.17, 15) is 0 Å². The quantitative estimate of drug-likeness (QED) is 0.547. The van der Waals surface area contributed by atoms with E-state index in [1.54, 1.807) is 0 Å². The first kappa shape index (κ1) is 11.5. The van der Waals surface area contributed by atoms with Crippen molar-refractivity contribution in [3.05, 3.63) is 57.6 Å². The predicted molar refractivity (Wildman–Crippen MR) is 81.5 cm³/mol. The molecule has 0 N–H and O–H groups in total. The fraction of sp³-hybridized carbons (Fsp3) is 0.143. The summed E-state index contributed by atoms with van der Waals surface area (Å²) in [5.74, 6) is 0. The summed E-state index contributed by atoms with van der Waals surface area (Å²) in [5.41, 5.74) is 0. The molecule has 1 atom stereocenters. The molecule has 0 fully saturated rings. The van der Waals surface area contributed by atoms with Crippen LogP contribution in [-0.4, -0.2) is 0 Å². The van der Waals surface area contributed by atoms with Crippen molar-refractivity contribution >= 4 is 48.7 Å². The Morgan fingerprint density at radius 2 is 2.00 bits per heavy atom. The number of hydrogen-bond acceptors (Lipinski definition) is 2. The maximum Gasteiger partial charge on any atom is 0.0537 e. The van der Waals surface area contributed by atoms with Gasteiger partial charge in [-0.25, -0.2) is 0 Å². The maximum absolute atomic E-state index is 3.80. The molecule has 0 spiro atoms. The fourth-order valence-corrected chi connectivity index (χ4v) is 4.63. The Bertz CT molecular complexity index is 577. The lowest BCUT2D eigenvalue weighted by Crippen LogP contribution is -1.89. The molecule has 1 aromatic carbocycles.